The zero-order valence-corrected chi connectivity index (χ0v) is 23.7. The van der Waals surface area contributed by atoms with Gasteiger partial charge in [0.2, 0.25) is 5.88 Å². The third kappa shape index (κ3) is 6.81. The van der Waals surface area contributed by atoms with E-state index in [1.165, 1.54) is 34.9 Å². The first-order valence-corrected chi connectivity index (χ1v) is 14.4. The van der Waals surface area contributed by atoms with Gasteiger partial charge in [0.25, 0.3) is 5.65 Å². The van der Waals surface area contributed by atoms with Gasteiger partial charge in [0, 0.05) is 23.3 Å². The molecule has 2 aromatic heterocycles. The number of anilines is 1. The molecule has 0 radical (unpaired) electrons. The number of carbonyl (C=O) groups excluding carboxylic acids is 1. The van der Waals surface area contributed by atoms with E-state index < -0.39 is 0 Å². The second-order valence-electron chi connectivity index (χ2n) is 12.0. The SMILES string of the molecule is CCCCCOc1ccc2n[n+](CC(=O)c3cc(OCC4CC4)c(OCC4CC4)c(C(C)(C)C)c3)c(N)n2n1. The monoisotopic (exact) mass is 536 g/mol. The van der Waals surface area contributed by atoms with Gasteiger partial charge in [-0.05, 0) is 61.5 Å². The molecule has 0 amide bonds. The topological polar surface area (TPSA) is 105 Å². The minimum Gasteiger partial charge on any atom is -0.489 e. The van der Waals surface area contributed by atoms with E-state index in [9.17, 15) is 4.79 Å². The first kappa shape index (κ1) is 27.2. The predicted octanol–water partition coefficient (Wildman–Crippen LogP) is 4.93. The molecule has 3 aromatic rings. The Morgan fingerprint density at radius 3 is 2.44 bits per heavy atom. The van der Waals surface area contributed by atoms with Crippen molar-refractivity contribution >= 4 is 17.4 Å². The molecule has 2 fully saturated rings. The Balaban J connectivity index is 1.39. The molecule has 1 aromatic carbocycles. The summed E-state index contributed by atoms with van der Waals surface area (Å²) in [6, 6.07) is 7.35. The molecule has 0 bridgehead atoms. The number of aromatic nitrogens is 4. The highest BCUT2D eigenvalue weighted by atomic mass is 16.5. The van der Waals surface area contributed by atoms with E-state index in [0.29, 0.717) is 54.5 Å². The van der Waals surface area contributed by atoms with Gasteiger partial charge in [0.1, 0.15) is 0 Å². The van der Waals surface area contributed by atoms with Crippen LogP contribution in [0.2, 0.25) is 0 Å². The molecule has 0 aliphatic heterocycles. The summed E-state index contributed by atoms with van der Waals surface area (Å²) in [5, 5.41) is 8.99. The lowest BCUT2D eigenvalue weighted by Gasteiger charge is -2.26. The summed E-state index contributed by atoms with van der Waals surface area (Å²) in [7, 11) is 0. The largest absolute Gasteiger partial charge is 0.489 e. The molecule has 5 rings (SSSR count). The van der Waals surface area contributed by atoms with Crippen LogP contribution in [0.25, 0.3) is 5.65 Å². The predicted molar refractivity (Wildman–Crippen MR) is 149 cm³/mol. The van der Waals surface area contributed by atoms with Crippen LogP contribution in [0.3, 0.4) is 0 Å². The van der Waals surface area contributed by atoms with Gasteiger partial charge in [0.05, 0.1) is 19.8 Å². The number of nitrogens with two attached hydrogens (primary N) is 1. The van der Waals surface area contributed by atoms with Gasteiger partial charge in [-0.2, -0.15) is 0 Å². The first-order chi connectivity index (χ1) is 18.7. The number of hydrogen-bond donors (Lipinski definition) is 1. The minimum absolute atomic E-state index is 0.0180. The number of nitrogens with zero attached hydrogens (tertiary/aromatic N) is 4. The van der Waals surface area contributed by atoms with Crippen LogP contribution in [-0.4, -0.2) is 40.3 Å². The maximum absolute atomic E-state index is 13.6. The van der Waals surface area contributed by atoms with Crippen molar-refractivity contribution in [3.8, 4) is 17.4 Å². The summed E-state index contributed by atoms with van der Waals surface area (Å²) in [5.74, 6) is 3.25. The van der Waals surface area contributed by atoms with Gasteiger partial charge in [-0.15, -0.1) is 4.68 Å². The summed E-state index contributed by atoms with van der Waals surface area (Å²) < 4.78 is 21.4. The molecular weight excluding hydrogens is 494 g/mol. The van der Waals surface area contributed by atoms with Crippen LogP contribution in [0.1, 0.15) is 88.6 Å². The fraction of sp³-hybridized carbons (Fsp3) is 0.600. The molecule has 0 unspecified atom stereocenters. The van der Waals surface area contributed by atoms with Crippen LogP contribution < -0.4 is 24.6 Å². The van der Waals surface area contributed by atoms with Gasteiger partial charge in [-0.3, -0.25) is 10.5 Å². The van der Waals surface area contributed by atoms with E-state index in [4.69, 9.17) is 19.9 Å². The standard InChI is InChI=1S/C30H41N5O4/c1-5-6-7-14-37-27-13-12-26-32-34(29(31)35(26)33-27)17-24(36)22-15-23(30(2,3)4)28(39-19-21-10-11-21)25(16-22)38-18-20-8-9-20/h12-13,15-16,20-21,31H,5-11,14,17-19H2,1-4H3/p+1. The number of ketones is 1. The van der Waals surface area contributed by atoms with Crippen molar-refractivity contribution in [2.75, 3.05) is 25.6 Å². The Labute approximate surface area is 230 Å². The number of fused-ring (bicyclic) bond motifs is 1. The zero-order chi connectivity index (χ0) is 27.6. The number of unbranched alkanes of at least 4 members (excludes halogenated alkanes) is 2. The molecule has 2 heterocycles. The summed E-state index contributed by atoms with van der Waals surface area (Å²) in [6.45, 7) is 10.5. The second kappa shape index (κ2) is 11.4. The smallest absolute Gasteiger partial charge is 0.401 e. The number of nitrogen functional groups attached to an aromatic ring is 1. The quantitative estimate of drug-likeness (QED) is 0.177. The molecule has 0 spiro atoms. The average molecular weight is 537 g/mol. The van der Waals surface area contributed by atoms with Crippen molar-refractivity contribution < 1.29 is 23.7 Å². The highest BCUT2D eigenvalue weighted by Crippen LogP contribution is 2.42. The molecule has 9 nitrogen and oxygen atoms in total. The van der Waals surface area contributed by atoms with E-state index >= 15 is 0 Å². The van der Waals surface area contributed by atoms with Crippen LogP contribution >= 0.6 is 0 Å². The Bertz CT molecular complexity index is 1320. The summed E-state index contributed by atoms with van der Waals surface area (Å²) in [4.78, 5) is 13.6. The Kier molecular flexibility index (Phi) is 7.96. The Hall–Kier alpha value is -3.36. The van der Waals surface area contributed by atoms with Crippen LogP contribution in [-0.2, 0) is 12.0 Å². The van der Waals surface area contributed by atoms with Gasteiger partial charge < -0.3 is 14.2 Å². The molecule has 2 N–H and O–H groups in total. The highest BCUT2D eigenvalue weighted by molar-refractivity contribution is 5.96. The number of ether oxygens (including phenoxy) is 3. The third-order valence-electron chi connectivity index (χ3n) is 7.30. The fourth-order valence-electron chi connectivity index (χ4n) is 4.43. The number of carbonyl (C=O) groups is 1. The number of benzene rings is 1. The van der Waals surface area contributed by atoms with Crippen molar-refractivity contribution in [2.24, 2.45) is 11.8 Å². The van der Waals surface area contributed by atoms with Crippen molar-refractivity contribution in [3.63, 3.8) is 0 Å². The summed E-state index contributed by atoms with van der Waals surface area (Å²) in [5.41, 5.74) is 8.22. The molecule has 9 heteroatoms. The van der Waals surface area contributed by atoms with Crippen molar-refractivity contribution in [2.45, 2.75) is 84.6 Å². The molecular formula is C30H42N5O4+. The van der Waals surface area contributed by atoms with E-state index in [1.54, 1.807) is 12.1 Å². The minimum atomic E-state index is -0.237. The van der Waals surface area contributed by atoms with E-state index in [1.807, 2.05) is 12.1 Å². The van der Waals surface area contributed by atoms with Crippen LogP contribution in [0, 0.1) is 11.8 Å². The van der Waals surface area contributed by atoms with Gasteiger partial charge in [-0.25, -0.2) is 0 Å². The number of rotatable bonds is 14. The van der Waals surface area contributed by atoms with E-state index in [0.717, 1.165) is 30.6 Å². The molecule has 0 saturated heterocycles. The lowest BCUT2D eigenvalue weighted by Crippen LogP contribution is -2.42. The van der Waals surface area contributed by atoms with Gasteiger partial charge in [-0.1, -0.05) is 55.2 Å². The van der Waals surface area contributed by atoms with Crippen molar-refractivity contribution in [3.05, 3.63) is 35.4 Å². The van der Waals surface area contributed by atoms with Crippen LogP contribution in [0.4, 0.5) is 5.95 Å². The average Bonchev–Trinajstić information content (AvgIpc) is 3.83. The fourth-order valence-corrected chi connectivity index (χ4v) is 4.43. The van der Waals surface area contributed by atoms with E-state index in [2.05, 4.69) is 37.9 Å². The highest BCUT2D eigenvalue weighted by Gasteiger charge is 2.30. The van der Waals surface area contributed by atoms with E-state index in [-0.39, 0.29) is 23.7 Å². The second-order valence-corrected chi connectivity index (χ2v) is 12.0. The molecule has 0 atom stereocenters. The molecule has 39 heavy (non-hydrogen) atoms. The Morgan fingerprint density at radius 1 is 1.05 bits per heavy atom. The lowest BCUT2D eigenvalue weighted by atomic mass is 9.84. The normalized spacial score (nSPS) is 15.5. The maximum atomic E-state index is 13.6. The zero-order valence-electron chi connectivity index (χ0n) is 23.7. The van der Waals surface area contributed by atoms with Gasteiger partial charge in [0.15, 0.2) is 23.8 Å². The third-order valence-corrected chi connectivity index (χ3v) is 7.30. The van der Waals surface area contributed by atoms with Gasteiger partial charge >= 0.3 is 5.95 Å². The lowest BCUT2D eigenvalue weighted by molar-refractivity contribution is -0.723. The summed E-state index contributed by atoms with van der Waals surface area (Å²) >= 11 is 0. The maximum Gasteiger partial charge on any atom is 0.401 e. The van der Waals surface area contributed by atoms with Crippen LogP contribution in [0.5, 0.6) is 17.4 Å². The van der Waals surface area contributed by atoms with Crippen LogP contribution in [0.15, 0.2) is 24.3 Å². The summed E-state index contributed by atoms with van der Waals surface area (Å²) in [6.07, 6.45) is 7.99. The molecule has 2 aliphatic rings. The molecule has 2 saturated carbocycles. The number of Topliss-reactive ketones (excluding diaryl/α,β-unsaturated/α-hetero) is 1. The number of hydrogen-bond acceptors (Lipinski definition) is 7. The van der Waals surface area contributed by atoms with Crippen molar-refractivity contribution in [1.29, 1.82) is 0 Å². The first-order valence-electron chi connectivity index (χ1n) is 14.4. The molecule has 2 aliphatic carbocycles. The van der Waals surface area contributed by atoms with Crippen molar-refractivity contribution in [1.82, 2.24) is 14.7 Å². The molecule has 210 valence electrons. The Morgan fingerprint density at radius 2 is 1.77 bits per heavy atom.